The summed E-state index contributed by atoms with van der Waals surface area (Å²) < 4.78 is 13.7. The highest BCUT2D eigenvalue weighted by Gasteiger charge is 2.16. The van der Waals surface area contributed by atoms with Gasteiger partial charge in [-0.05, 0) is 50.0 Å². The van der Waals surface area contributed by atoms with Crippen LogP contribution in [0.4, 0.5) is 10.1 Å². The minimum atomic E-state index is -0.593. The van der Waals surface area contributed by atoms with E-state index in [-0.39, 0.29) is 11.5 Å². The molecule has 0 radical (unpaired) electrons. The number of halogens is 1. The van der Waals surface area contributed by atoms with E-state index in [9.17, 15) is 14.0 Å². The molecule has 0 aliphatic carbocycles. The average Bonchev–Trinajstić information content (AvgIpc) is 2.93. The zero-order valence-corrected chi connectivity index (χ0v) is 12.0. The monoisotopic (exact) mass is 293 g/mol. The minimum absolute atomic E-state index is 0.0502. The Balaban J connectivity index is 1.92. The first-order valence-electron chi connectivity index (χ1n) is 7.12. The highest BCUT2D eigenvalue weighted by atomic mass is 19.1. The lowest BCUT2D eigenvalue weighted by molar-refractivity contribution is -0.114. The Hall–Kier alpha value is -1.95. The number of anilines is 1. The molecule has 2 amide bonds. The molecule has 1 aliphatic heterocycles. The molecule has 5 nitrogen and oxygen atoms in total. The molecule has 0 bridgehead atoms. The third kappa shape index (κ3) is 4.53. The summed E-state index contributed by atoms with van der Waals surface area (Å²) in [5, 5.41) is 8.53. The van der Waals surface area contributed by atoms with Gasteiger partial charge in [-0.1, -0.05) is 0 Å². The van der Waals surface area contributed by atoms with Crippen molar-refractivity contribution in [3.8, 4) is 0 Å². The summed E-state index contributed by atoms with van der Waals surface area (Å²) in [7, 11) is 0. The molecule has 1 unspecified atom stereocenters. The van der Waals surface area contributed by atoms with Gasteiger partial charge < -0.3 is 16.0 Å². The van der Waals surface area contributed by atoms with E-state index in [1.165, 1.54) is 25.1 Å². The Kier molecular flexibility index (Phi) is 5.27. The first-order valence-corrected chi connectivity index (χ1v) is 7.12. The number of nitrogens with one attached hydrogen (secondary N) is 3. The van der Waals surface area contributed by atoms with Gasteiger partial charge in [0.15, 0.2) is 0 Å². The Bertz CT molecular complexity index is 528. The van der Waals surface area contributed by atoms with Crippen LogP contribution in [0.5, 0.6) is 0 Å². The maximum atomic E-state index is 13.7. The van der Waals surface area contributed by atoms with Crippen molar-refractivity contribution in [3.05, 3.63) is 29.6 Å². The Labute approximate surface area is 123 Å². The maximum absolute atomic E-state index is 13.7. The Morgan fingerprint density at radius 2 is 2.24 bits per heavy atom. The van der Waals surface area contributed by atoms with E-state index in [1.54, 1.807) is 0 Å². The third-order valence-corrected chi connectivity index (χ3v) is 3.53. The molecule has 0 aromatic heterocycles. The lowest BCUT2D eigenvalue weighted by Crippen LogP contribution is -2.27. The molecular formula is C15H20FN3O2. The van der Waals surface area contributed by atoms with Gasteiger partial charge in [0.25, 0.3) is 5.91 Å². The van der Waals surface area contributed by atoms with Crippen LogP contribution in [0, 0.1) is 11.7 Å². The Morgan fingerprint density at radius 3 is 2.90 bits per heavy atom. The number of hydrogen-bond acceptors (Lipinski definition) is 3. The van der Waals surface area contributed by atoms with Crippen molar-refractivity contribution in [2.75, 3.05) is 25.0 Å². The van der Waals surface area contributed by atoms with Gasteiger partial charge >= 0.3 is 0 Å². The second kappa shape index (κ2) is 7.17. The van der Waals surface area contributed by atoms with Crippen LogP contribution in [0.1, 0.15) is 30.1 Å². The van der Waals surface area contributed by atoms with E-state index >= 15 is 0 Å². The van der Waals surface area contributed by atoms with Crippen LogP contribution in [0.3, 0.4) is 0 Å². The molecule has 1 saturated heterocycles. The topological polar surface area (TPSA) is 70.2 Å². The number of hydrogen-bond donors (Lipinski definition) is 3. The number of amides is 2. The van der Waals surface area contributed by atoms with Crippen molar-refractivity contribution >= 4 is 17.5 Å². The summed E-state index contributed by atoms with van der Waals surface area (Å²) in [5.41, 5.74) is 0.361. The summed E-state index contributed by atoms with van der Waals surface area (Å²) in [6, 6.07) is 3.96. The van der Waals surface area contributed by atoms with E-state index in [0.29, 0.717) is 18.2 Å². The lowest BCUT2D eigenvalue weighted by atomic mass is 10.1. The molecule has 21 heavy (non-hydrogen) atoms. The molecule has 1 aliphatic rings. The first-order chi connectivity index (χ1) is 10.1. The van der Waals surface area contributed by atoms with Gasteiger partial charge in [-0.2, -0.15) is 0 Å². The van der Waals surface area contributed by atoms with Crippen molar-refractivity contribution in [1.82, 2.24) is 10.6 Å². The highest BCUT2D eigenvalue weighted by Crippen LogP contribution is 2.15. The quantitative estimate of drug-likeness (QED) is 0.771. The SMILES string of the molecule is CC(=O)Nc1ccc(F)c(C(=O)NCCC2CCNC2)c1. The second-order valence-electron chi connectivity index (χ2n) is 5.28. The van der Waals surface area contributed by atoms with Gasteiger partial charge in [-0.15, -0.1) is 0 Å². The van der Waals surface area contributed by atoms with Crippen molar-refractivity contribution in [2.24, 2.45) is 5.92 Å². The fourth-order valence-electron chi connectivity index (χ4n) is 2.43. The van der Waals surface area contributed by atoms with Crippen LogP contribution in [0.15, 0.2) is 18.2 Å². The predicted molar refractivity (Wildman–Crippen MR) is 78.6 cm³/mol. The molecule has 0 saturated carbocycles. The molecule has 6 heteroatoms. The maximum Gasteiger partial charge on any atom is 0.254 e. The van der Waals surface area contributed by atoms with E-state index in [0.717, 1.165) is 25.9 Å². The number of rotatable bonds is 5. The van der Waals surface area contributed by atoms with Crippen LogP contribution < -0.4 is 16.0 Å². The predicted octanol–water partition coefficient (Wildman–Crippen LogP) is 1.51. The smallest absolute Gasteiger partial charge is 0.254 e. The normalized spacial score (nSPS) is 17.5. The van der Waals surface area contributed by atoms with Gasteiger partial charge in [0.2, 0.25) is 5.91 Å². The molecule has 1 heterocycles. The average molecular weight is 293 g/mol. The molecule has 1 fully saturated rings. The molecule has 3 N–H and O–H groups in total. The highest BCUT2D eigenvalue weighted by molar-refractivity contribution is 5.97. The van der Waals surface area contributed by atoms with E-state index in [4.69, 9.17) is 0 Å². The number of carbonyl (C=O) groups is 2. The Morgan fingerprint density at radius 1 is 1.43 bits per heavy atom. The zero-order valence-electron chi connectivity index (χ0n) is 12.0. The van der Waals surface area contributed by atoms with E-state index in [1.807, 2.05) is 0 Å². The van der Waals surface area contributed by atoms with Crippen molar-refractivity contribution < 1.29 is 14.0 Å². The standard InChI is InChI=1S/C15H20FN3O2/c1-10(20)19-12-2-3-14(16)13(8-12)15(21)18-7-5-11-4-6-17-9-11/h2-3,8,11,17H,4-7,9H2,1H3,(H,18,21)(H,19,20). The molecule has 1 aromatic carbocycles. The number of benzene rings is 1. The van der Waals surface area contributed by atoms with Crippen LogP contribution in [-0.2, 0) is 4.79 Å². The third-order valence-electron chi connectivity index (χ3n) is 3.53. The molecule has 1 atom stereocenters. The zero-order chi connectivity index (χ0) is 15.2. The largest absolute Gasteiger partial charge is 0.352 e. The fraction of sp³-hybridized carbons (Fsp3) is 0.467. The second-order valence-corrected chi connectivity index (χ2v) is 5.28. The summed E-state index contributed by atoms with van der Waals surface area (Å²) >= 11 is 0. The van der Waals surface area contributed by atoms with Crippen molar-refractivity contribution in [2.45, 2.75) is 19.8 Å². The van der Waals surface area contributed by atoms with Crippen molar-refractivity contribution in [3.63, 3.8) is 0 Å². The molecule has 1 aromatic rings. The van der Waals surface area contributed by atoms with Crippen LogP contribution in [0.25, 0.3) is 0 Å². The first kappa shape index (κ1) is 15.4. The van der Waals surface area contributed by atoms with Gasteiger partial charge in [-0.3, -0.25) is 9.59 Å². The fourth-order valence-corrected chi connectivity index (χ4v) is 2.43. The summed E-state index contributed by atoms with van der Waals surface area (Å²) in [6.45, 7) is 3.88. The summed E-state index contributed by atoms with van der Waals surface area (Å²) in [4.78, 5) is 23.0. The van der Waals surface area contributed by atoms with Gasteiger partial charge in [0, 0.05) is 19.2 Å². The van der Waals surface area contributed by atoms with E-state index < -0.39 is 11.7 Å². The van der Waals surface area contributed by atoms with Gasteiger partial charge in [-0.25, -0.2) is 4.39 Å². The van der Waals surface area contributed by atoms with Crippen LogP contribution >= 0.6 is 0 Å². The van der Waals surface area contributed by atoms with Gasteiger partial charge in [0.05, 0.1) is 5.56 Å². The van der Waals surface area contributed by atoms with Crippen LogP contribution in [0.2, 0.25) is 0 Å². The molecule has 2 rings (SSSR count). The van der Waals surface area contributed by atoms with Gasteiger partial charge in [0.1, 0.15) is 5.82 Å². The summed E-state index contributed by atoms with van der Waals surface area (Å²) in [6.07, 6.45) is 1.99. The summed E-state index contributed by atoms with van der Waals surface area (Å²) in [5.74, 6) is -0.739. The van der Waals surface area contributed by atoms with E-state index in [2.05, 4.69) is 16.0 Å². The van der Waals surface area contributed by atoms with Crippen LogP contribution in [-0.4, -0.2) is 31.4 Å². The molecule has 114 valence electrons. The molecular weight excluding hydrogens is 273 g/mol. The lowest BCUT2D eigenvalue weighted by Gasteiger charge is -2.11. The van der Waals surface area contributed by atoms with Crippen molar-refractivity contribution in [1.29, 1.82) is 0 Å². The minimum Gasteiger partial charge on any atom is -0.352 e. The number of carbonyl (C=O) groups excluding carboxylic acids is 2. The molecule has 0 spiro atoms.